The molecule has 0 spiro atoms. The molecule has 0 aromatic heterocycles. The van der Waals surface area contributed by atoms with Crippen LogP contribution in [0.25, 0.3) is 0 Å². The van der Waals surface area contributed by atoms with Crippen molar-refractivity contribution in [2.45, 2.75) is 20.3 Å². The van der Waals surface area contributed by atoms with Crippen molar-refractivity contribution in [3.05, 3.63) is 37.5 Å². The van der Waals surface area contributed by atoms with Crippen LogP contribution in [0.3, 0.4) is 0 Å². The van der Waals surface area contributed by atoms with E-state index in [1.54, 1.807) is 6.92 Å². The normalized spacial score (nSPS) is 8.68. The molecular weight excluding hydrogens is 344 g/mol. The lowest BCUT2D eigenvalue weighted by Crippen LogP contribution is -3.00. The molecule has 0 fully saturated rings. The zero-order valence-corrected chi connectivity index (χ0v) is 16.8. The lowest BCUT2D eigenvalue weighted by atomic mass is 10.3. The average molecular weight is 377 g/mol. The second kappa shape index (κ2) is 18.2. The Balaban J connectivity index is -0.000000138. The van der Waals surface area contributed by atoms with Gasteiger partial charge in [0.15, 0.2) is 0 Å². The summed E-state index contributed by atoms with van der Waals surface area (Å²) in [5.41, 5.74) is 5.09. The predicted octanol–water partition coefficient (Wildman–Crippen LogP) is -2.30. The van der Waals surface area contributed by atoms with E-state index in [0.29, 0.717) is 5.57 Å². The number of quaternary nitrogens is 1. The van der Waals surface area contributed by atoms with Crippen LogP contribution in [-0.4, -0.2) is 56.6 Å². The number of carbonyl (C=O) groups excluding carboxylic acids is 3. The molecule has 25 heavy (non-hydrogen) atoms. The van der Waals surface area contributed by atoms with Crippen molar-refractivity contribution in [1.29, 1.82) is 0 Å². The van der Waals surface area contributed by atoms with E-state index < -0.39 is 5.91 Å². The molecule has 0 bridgehead atoms. The third-order valence-electron chi connectivity index (χ3n) is 2.21. The van der Waals surface area contributed by atoms with E-state index >= 15 is 0 Å². The van der Waals surface area contributed by atoms with Gasteiger partial charge in [-0.05, 0) is 25.5 Å². The molecule has 0 aliphatic rings. The van der Waals surface area contributed by atoms with Crippen molar-refractivity contribution in [2.75, 3.05) is 34.4 Å². The number of amides is 3. The van der Waals surface area contributed by atoms with Crippen LogP contribution in [0.2, 0.25) is 0 Å². The molecule has 0 aliphatic carbocycles. The summed E-state index contributed by atoms with van der Waals surface area (Å²) in [7, 11) is 6.64. The van der Waals surface area contributed by atoms with Crippen molar-refractivity contribution in [2.24, 2.45) is 5.73 Å². The summed E-state index contributed by atoms with van der Waals surface area (Å²) < 4.78 is 1.09. The Morgan fingerprint density at radius 3 is 1.48 bits per heavy atom. The second-order valence-corrected chi connectivity index (χ2v) is 5.83. The van der Waals surface area contributed by atoms with E-state index in [-0.39, 0.29) is 30.9 Å². The third-order valence-corrected chi connectivity index (χ3v) is 2.21. The van der Waals surface area contributed by atoms with Gasteiger partial charge in [0.2, 0.25) is 17.7 Å². The molecule has 0 atom stereocenters. The summed E-state index contributed by atoms with van der Waals surface area (Å²) in [4.78, 5) is 30.8. The molecule has 8 heteroatoms. The summed E-state index contributed by atoms with van der Waals surface area (Å²) in [6, 6.07) is 0. The summed E-state index contributed by atoms with van der Waals surface area (Å²) >= 11 is 0. The minimum Gasteiger partial charge on any atom is -1.00 e. The maximum atomic E-state index is 10.5. The summed E-state index contributed by atoms with van der Waals surface area (Å²) in [5.74, 6) is -1.08. The fourth-order valence-corrected chi connectivity index (χ4v) is 1.03. The molecule has 146 valence electrons. The van der Waals surface area contributed by atoms with Crippen molar-refractivity contribution in [3.8, 4) is 0 Å². The van der Waals surface area contributed by atoms with Gasteiger partial charge in [-0.1, -0.05) is 26.7 Å². The van der Waals surface area contributed by atoms with Crippen LogP contribution in [0.1, 0.15) is 20.3 Å². The van der Waals surface area contributed by atoms with Crippen molar-refractivity contribution in [3.63, 3.8) is 0 Å². The highest BCUT2D eigenvalue weighted by Gasteiger charge is 2.01. The number of hydrogen-bond donors (Lipinski definition) is 3. The van der Waals surface area contributed by atoms with E-state index in [9.17, 15) is 14.4 Å². The van der Waals surface area contributed by atoms with E-state index in [1.165, 1.54) is 13.0 Å². The first-order valence-corrected chi connectivity index (χ1v) is 7.47. The van der Waals surface area contributed by atoms with Gasteiger partial charge < -0.3 is 33.3 Å². The zero-order chi connectivity index (χ0) is 19.8. The zero-order valence-electron chi connectivity index (χ0n) is 16.0. The van der Waals surface area contributed by atoms with Crippen LogP contribution < -0.4 is 28.8 Å². The quantitative estimate of drug-likeness (QED) is 0.264. The topological polar surface area (TPSA) is 101 Å². The van der Waals surface area contributed by atoms with Gasteiger partial charge in [-0.3, -0.25) is 14.4 Å². The highest BCUT2D eigenvalue weighted by Crippen LogP contribution is 1.90. The fourth-order valence-electron chi connectivity index (χ4n) is 1.03. The summed E-state index contributed by atoms with van der Waals surface area (Å²) in [6.45, 7) is 14.9. The molecule has 7 nitrogen and oxygen atoms in total. The Morgan fingerprint density at radius 2 is 1.36 bits per heavy atom. The molecule has 3 amide bonds. The molecule has 0 saturated carbocycles. The first kappa shape index (κ1) is 30.7. The highest BCUT2D eigenvalue weighted by molar-refractivity contribution is 5.90. The average Bonchev–Trinajstić information content (AvgIpc) is 2.46. The minimum atomic E-state index is -0.435. The standard InChI is InChI=1S/C7H10N2O2.C6H16N.C4H7NO.ClH/c1-3-6(10)8-5-9-7(11)4-2;1-5-6-7(2,3)4;1-3(2)4(5)6;/h3-4H,1-2,5H2,(H,8,10)(H,9,11);5-6H2,1-4H3;1H2,2H3,(H2,5,6);1H/q;+1;;/p-1. The molecule has 0 radical (unpaired) electrons. The molecule has 0 saturated heterocycles. The molecule has 0 rings (SSSR count). The number of nitrogens with two attached hydrogens (primary N) is 1. The summed E-state index contributed by atoms with van der Waals surface area (Å²) in [5, 5.41) is 4.72. The number of carbonyl (C=O) groups is 3. The first-order chi connectivity index (χ1) is 10.9. The van der Waals surface area contributed by atoms with Gasteiger partial charge in [0.05, 0.1) is 34.4 Å². The van der Waals surface area contributed by atoms with E-state index in [4.69, 9.17) is 5.73 Å². The smallest absolute Gasteiger partial charge is 0.244 e. The SMILES string of the molecule is C=C(C)C(N)=O.C=CC(=O)NCNC(=O)C=C.CCC[N+](C)(C)C.[Cl-]. The van der Waals surface area contributed by atoms with Gasteiger partial charge in [0.25, 0.3) is 0 Å². The fraction of sp³-hybridized carbons (Fsp3) is 0.471. The number of halogens is 1. The minimum absolute atomic E-state index is 0. The van der Waals surface area contributed by atoms with Crippen LogP contribution in [-0.2, 0) is 14.4 Å². The van der Waals surface area contributed by atoms with Gasteiger partial charge in [0, 0.05) is 5.57 Å². The Morgan fingerprint density at radius 1 is 1.04 bits per heavy atom. The van der Waals surface area contributed by atoms with Crippen LogP contribution in [0.15, 0.2) is 37.5 Å². The van der Waals surface area contributed by atoms with E-state index in [2.05, 4.69) is 58.4 Å². The molecule has 0 aromatic rings. The van der Waals surface area contributed by atoms with Crippen LogP contribution in [0.4, 0.5) is 0 Å². The molecule has 4 N–H and O–H groups in total. The lowest BCUT2D eigenvalue weighted by molar-refractivity contribution is -0.870. The molecule has 0 aliphatic heterocycles. The molecule has 0 aromatic carbocycles. The maximum Gasteiger partial charge on any atom is 0.244 e. The van der Waals surface area contributed by atoms with E-state index in [1.807, 2.05) is 0 Å². The van der Waals surface area contributed by atoms with Gasteiger partial charge in [-0.25, -0.2) is 0 Å². The molecule has 0 heterocycles. The molecule has 0 unspecified atom stereocenters. The Hall–Kier alpha value is -2.12. The molecular formula is C17H33ClN4O3. The Bertz CT molecular complexity index is 412. The van der Waals surface area contributed by atoms with Gasteiger partial charge in [-0.15, -0.1) is 0 Å². The number of primary amides is 1. The lowest BCUT2D eigenvalue weighted by Gasteiger charge is -2.22. The Kier molecular flexibility index (Phi) is 22.4. The van der Waals surface area contributed by atoms with Crippen molar-refractivity contribution < 1.29 is 31.3 Å². The maximum absolute atomic E-state index is 10.5. The van der Waals surface area contributed by atoms with Crippen LogP contribution >= 0.6 is 0 Å². The van der Waals surface area contributed by atoms with Crippen molar-refractivity contribution in [1.82, 2.24) is 10.6 Å². The largest absolute Gasteiger partial charge is 1.00 e. The Labute approximate surface area is 158 Å². The number of nitrogens with zero attached hydrogens (tertiary/aromatic N) is 1. The van der Waals surface area contributed by atoms with Crippen LogP contribution in [0, 0.1) is 0 Å². The first-order valence-electron chi connectivity index (χ1n) is 7.47. The second-order valence-electron chi connectivity index (χ2n) is 5.83. The van der Waals surface area contributed by atoms with Crippen molar-refractivity contribution >= 4 is 17.7 Å². The van der Waals surface area contributed by atoms with Crippen LogP contribution in [0.5, 0.6) is 0 Å². The number of nitrogens with one attached hydrogen (secondary N) is 2. The van der Waals surface area contributed by atoms with Gasteiger partial charge in [0.1, 0.15) is 0 Å². The predicted molar refractivity (Wildman–Crippen MR) is 98.7 cm³/mol. The number of rotatable bonds is 7. The van der Waals surface area contributed by atoms with Gasteiger partial charge in [-0.2, -0.15) is 0 Å². The monoisotopic (exact) mass is 376 g/mol. The summed E-state index contributed by atoms with van der Waals surface area (Å²) in [6.07, 6.45) is 3.53. The van der Waals surface area contributed by atoms with E-state index in [0.717, 1.165) is 16.6 Å². The highest BCUT2D eigenvalue weighted by atomic mass is 35.5. The number of hydrogen-bond acceptors (Lipinski definition) is 3. The van der Waals surface area contributed by atoms with Gasteiger partial charge >= 0.3 is 0 Å². The third kappa shape index (κ3) is 34.3.